The topological polar surface area (TPSA) is 26.8 Å². The fraction of sp³-hybridized carbons (Fsp3) is 0.909. The van der Waals surface area contributed by atoms with Gasteiger partial charge in [0.2, 0.25) is 5.91 Å². The lowest BCUT2D eigenvalue weighted by Gasteiger charge is -2.34. The van der Waals surface area contributed by atoms with E-state index in [0.29, 0.717) is 12.6 Å². The molecule has 0 bridgehead atoms. The fourth-order valence-corrected chi connectivity index (χ4v) is 1.55. The van der Waals surface area contributed by atoms with E-state index in [2.05, 4.69) is 30.7 Å². The van der Waals surface area contributed by atoms with E-state index in [9.17, 15) is 4.79 Å². The SMILES string of the molecule is CC(C)N(C)CC(=O)N1CCN(C)CC1. The van der Waals surface area contributed by atoms with Gasteiger partial charge in [0.15, 0.2) is 0 Å². The second-order valence-corrected chi connectivity index (χ2v) is 4.69. The molecular weight excluding hydrogens is 190 g/mol. The molecule has 0 aromatic carbocycles. The highest BCUT2D eigenvalue weighted by Crippen LogP contribution is 2.02. The van der Waals surface area contributed by atoms with Crippen molar-refractivity contribution in [1.29, 1.82) is 0 Å². The molecule has 88 valence electrons. The Kier molecular flexibility index (Phi) is 4.54. The van der Waals surface area contributed by atoms with Crippen molar-refractivity contribution in [2.75, 3.05) is 46.8 Å². The van der Waals surface area contributed by atoms with Gasteiger partial charge in [0.1, 0.15) is 0 Å². The number of carbonyl (C=O) groups excluding carboxylic acids is 1. The monoisotopic (exact) mass is 213 g/mol. The molecular formula is C11H23N3O. The van der Waals surface area contributed by atoms with Crippen LogP contribution in [0.1, 0.15) is 13.8 Å². The number of likely N-dealkylation sites (N-methyl/N-ethyl adjacent to an activating group) is 2. The van der Waals surface area contributed by atoms with E-state index in [1.165, 1.54) is 0 Å². The molecule has 0 aromatic rings. The molecule has 1 rings (SSSR count). The predicted octanol–water partition coefficient (Wildman–Crippen LogP) is 0.101. The van der Waals surface area contributed by atoms with Crippen molar-refractivity contribution in [3.8, 4) is 0 Å². The van der Waals surface area contributed by atoms with Crippen molar-refractivity contribution in [1.82, 2.24) is 14.7 Å². The summed E-state index contributed by atoms with van der Waals surface area (Å²) in [5, 5.41) is 0. The van der Waals surface area contributed by atoms with Crippen molar-refractivity contribution in [2.45, 2.75) is 19.9 Å². The molecule has 0 aromatic heterocycles. The first-order valence-electron chi connectivity index (χ1n) is 5.67. The number of rotatable bonds is 3. The molecule has 1 saturated heterocycles. The minimum Gasteiger partial charge on any atom is -0.339 e. The summed E-state index contributed by atoms with van der Waals surface area (Å²) in [6.45, 7) is 8.51. The molecule has 1 fully saturated rings. The first-order valence-corrected chi connectivity index (χ1v) is 5.67. The molecule has 1 amide bonds. The average molecular weight is 213 g/mol. The molecule has 1 aliphatic rings. The number of nitrogens with zero attached hydrogens (tertiary/aromatic N) is 3. The van der Waals surface area contributed by atoms with Crippen LogP contribution in [0, 0.1) is 0 Å². The summed E-state index contributed by atoms with van der Waals surface area (Å²) < 4.78 is 0. The number of piperazine rings is 1. The lowest BCUT2D eigenvalue weighted by Crippen LogP contribution is -2.50. The Morgan fingerprint density at radius 3 is 2.27 bits per heavy atom. The van der Waals surface area contributed by atoms with Crippen molar-refractivity contribution >= 4 is 5.91 Å². The summed E-state index contributed by atoms with van der Waals surface area (Å²) in [6.07, 6.45) is 0. The van der Waals surface area contributed by atoms with Gasteiger partial charge in [-0.15, -0.1) is 0 Å². The normalized spacial score (nSPS) is 18.9. The Labute approximate surface area is 92.8 Å². The van der Waals surface area contributed by atoms with E-state index < -0.39 is 0 Å². The van der Waals surface area contributed by atoms with Gasteiger partial charge in [-0.1, -0.05) is 0 Å². The molecule has 0 saturated carbocycles. The van der Waals surface area contributed by atoms with Crippen LogP contribution in [0.25, 0.3) is 0 Å². The Morgan fingerprint density at radius 2 is 1.80 bits per heavy atom. The average Bonchev–Trinajstić information content (AvgIpc) is 2.18. The zero-order valence-corrected chi connectivity index (χ0v) is 10.4. The van der Waals surface area contributed by atoms with Crippen LogP contribution in [-0.2, 0) is 4.79 Å². The Balaban J connectivity index is 2.34. The second-order valence-electron chi connectivity index (χ2n) is 4.69. The Morgan fingerprint density at radius 1 is 1.27 bits per heavy atom. The molecule has 1 aliphatic heterocycles. The van der Waals surface area contributed by atoms with E-state index in [4.69, 9.17) is 0 Å². The Hall–Kier alpha value is -0.610. The summed E-state index contributed by atoms with van der Waals surface area (Å²) >= 11 is 0. The molecule has 1 heterocycles. The van der Waals surface area contributed by atoms with E-state index in [-0.39, 0.29) is 5.91 Å². The highest BCUT2D eigenvalue weighted by atomic mass is 16.2. The fourth-order valence-electron chi connectivity index (χ4n) is 1.55. The maximum absolute atomic E-state index is 11.9. The predicted molar refractivity (Wildman–Crippen MR) is 61.8 cm³/mol. The highest BCUT2D eigenvalue weighted by Gasteiger charge is 2.20. The zero-order valence-electron chi connectivity index (χ0n) is 10.4. The lowest BCUT2D eigenvalue weighted by molar-refractivity contribution is -0.134. The number of carbonyl (C=O) groups is 1. The van der Waals surface area contributed by atoms with Crippen LogP contribution in [0.3, 0.4) is 0 Å². The summed E-state index contributed by atoms with van der Waals surface area (Å²) in [5.41, 5.74) is 0. The van der Waals surface area contributed by atoms with Crippen LogP contribution in [0.4, 0.5) is 0 Å². The van der Waals surface area contributed by atoms with E-state index in [0.717, 1.165) is 26.2 Å². The molecule has 0 N–H and O–H groups in total. The summed E-state index contributed by atoms with van der Waals surface area (Å²) in [5.74, 6) is 0.263. The van der Waals surface area contributed by atoms with E-state index in [1.807, 2.05) is 11.9 Å². The third-order valence-corrected chi connectivity index (χ3v) is 3.12. The smallest absolute Gasteiger partial charge is 0.236 e. The maximum Gasteiger partial charge on any atom is 0.236 e. The molecule has 0 aliphatic carbocycles. The third-order valence-electron chi connectivity index (χ3n) is 3.12. The molecule has 15 heavy (non-hydrogen) atoms. The van der Waals surface area contributed by atoms with Gasteiger partial charge in [-0.05, 0) is 27.9 Å². The van der Waals surface area contributed by atoms with Crippen LogP contribution >= 0.6 is 0 Å². The van der Waals surface area contributed by atoms with Crippen molar-refractivity contribution in [3.05, 3.63) is 0 Å². The molecule has 4 nitrogen and oxygen atoms in total. The summed E-state index contributed by atoms with van der Waals surface area (Å²) in [4.78, 5) is 18.2. The number of amides is 1. The Bertz CT molecular complexity index is 210. The van der Waals surface area contributed by atoms with Gasteiger partial charge >= 0.3 is 0 Å². The number of hydrogen-bond acceptors (Lipinski definition) is 3. The molecule has 0 radical (unpaired) electrons. The lowest BCUT2D eigenvalue weighted by atomic mass is 10.3. The quantitative estimate of drug-likeness (QED) is 0.665. The first-order chi connectivity index (χ1) is 7.00. The van der Waals surface area contributed by atoms with Gasteiger partial charge in [0.25, 0.3) is 0 Å². The molecule has 4 heteroatoms. The van der Waals surface area contributed by atoms with Gasteiger partial charge in [0.05, 0.1) is 6.54 Å². The van der Waals surface area contributed by atoms with Crippen molar-refractivity contribution in [2.24, 2.45) is 0 Å². The van der Waals surface area contributed by atoms with Crippen molar-refractivity contribution < 1.29 is 4.79 Å². The van der Waals surface area contributed by atoms with E-state index in [1.54, 1.807) is 0 Å². The molecule has 0 atom stereocenters. The van der Waals surface area contributed by atoms with Crippen LogP contribution < -0.4 is 0 Å². The van der Waals surface area contributed by atoms with Crippen LogP contribution in [0.5, 0.6) is 0 Å². The van der Waals surface area contributed by atoms with Gasteiger partial charge in [0, 0.05) is 32.2 Å². The van der Waals surface area contributed by atoms with Gasteiger partial charge in [-0.3, -0.25) is 9.69 Å². The van der Waals surface area contributed by atoms with Crippen LogP contribution in [0.2, 0.25) is 0 Å². The van der Waals surface area contributed by atoms with Gasteiger partial charge < -0.3 is 9.80 Å². The third kappa shape index (κ3) is 3.80. The molecule has 0 unspecified atom stereocenters. The molecule has 0 spiro atoms. The maximum atomic E-state index is 11.9. The van der Waals surface area contributed by atoms with Gasteiger partial charge in [-0.25, -0.2) is 0 Å². The highest BCUT2D eigenvalue weighted by molar-refractivity contribution is 5.78. The number of hydrogen-bond donors (Lipinski definition) is 0. The largest absolute Gasteiger partial charge is 0.339 e. The van der Waals surface area contributed by atoms with Crippen LogP contribution in [-0.4, -0.2) is 73.5 Å². The van der Waals surface area contributed by atoms with Gasteiger partial charge in [-0.2, -0.15) is 0 Å². The van der Waals surface area contributed by atoms with Crippen LogP contribution in [0.15, 0.2) is 0 Å². The zero-order chi connectivity index (χ0) is 11.4. The van der Waals surface area contributed by atoms with Crippen molar-refractivity contribution in [3.63, 3.8) is 0 Å². The summed E-state index contributed by atoms with van der Waals surface area (Å²) in [7, 11) is 4.10. The minimum absolute atomic E-state index is 0.263. The first kappa shape index (κ1) is 12.5. The standard InChI is InChI=1S/C11H23N3O/c1-10(2)13(4)9-11(15)14-7-5-12(3)6-8-14/h10H,5-9H2,1-4H3. The second kappa shape index (κ2) is 5.47. The summed E-state index contributed by atoms with van der Waals surface area (Å²) in [6, 6.07) is 0.432. The van der Waals surface area contributed by atoms with E-state index >= 15 is 0 Å². The minimum atomic E-state index is 0.263.